The highest BCUT2D eigenvalue weighted by atomic mass is 19.1. The van der Waals surface area contributed by atoms with E-state index in [1.165, 1.54) is 12.1 Å². The van der Waals surface area contributed by atoms with Crippen LogP contribution in [0.5, 0.6) is 0 Å². The van der Waals surface area contributed by atoms with E-state index in [9.17, 15) is 9.18 Å². The molecule has 1 saturated heterocycles. The Hall–Kier alpha value is -2.80. The lowest BCUT2D eigenvalue weighted by molar-refractivity contribution is 0.0662. The maximum atomic E-state index is 13.2. The van der Waals surface area contributed by atoms with Gasteiger partial charge in [-0.25, -0.2) is 13.9 Å². The first-order valence-corrected chi connectivity index (χ1v) is 8.61. The van der Waals surface area contributed by atoms with E-state index >= 15 is 0 Å². The highest BCUT2D eigenvalue weighted by molar-refractivity contribution is 5.95. The van der Waals surface area contributed by atoms with Crippen LogP contribution in [-0.4, -0.2) is 63.5 Å². The van der Waals surface area contributed by atoms with Crippen molar-refractivity contribution in [1.82, 2.24) is 24.4 Å². The van der Waals surface area contributed by atoms with Crippen molar-refractivity contribution in [3.05, 3.63) is 53.7 Å². The van der Waals surface area contributed by atoms with Gasteiger partial charge < -0.3 is 9.80 Å². The Kier molecular flexibility index (Phi) is 4.16. The summed E-state index contributed by atoms with van der Waals surface area (Å²) in [5, 5.41) is 4.40. The van der Waals surface area contributed by atoms with E-state index in [1.54, 1.807) is 29.0 Å². The normalized spacial score (nSPS) is 15.6. The first-order valence-electron chi connectivity index (χ1n) is 8.61. The van der Waals surface area contributed by atoms with Gasteiger partial charge in [-0.15, -0.1) is 0 Å². The summed E-state index contributed by atoms with van der Waals surface area (Å²) in [6, 6.07) is 6.23. The van der Waals surface area contributed by atoms with E-state index in [0.29, 0.717) is 24.3 Å². The molecule has 2 aromatic heterocycles. The number of piperazine rings is 1. The van der Waals surface area contributed by atoms with Crippen molar-refractivity contribution in [2.24, 2.45) is 0 Å². The number of nitrogens with zero attached hydrogens (tertiary/aromatic N) is 5. The van der Waals surface area contributed by atoms with Gasteiger partial charge in [0.15, 0.2) is 5.65 Å². The molecule has 1 fully saturated rings. The Labute approximate surface area is 150 Å². The predicted molar refractivity (Wildman–Crippen MR) is 96.5 cm³/mol. The first-order chi connectivity index (χ1) is 12.5. The number of halogens is 1. The van der Waals surface area contributed by atoms with E-state index in [1.807, 2.05) is 11.8 Å². The molecule has 3 aromatic rings. The van der Waals surface area contributed by atoms with Crippen LogP contribution in [0.2, 0.25) is 0 Å². The highest BCUT2D eigenvalue weighted by Crippen LogP contribution is 2.25. The number of benzene rings is 1. The van der Waals surface area contributed by atoms with Crippen molar-refractivity contribution < 1.29 is 9.18 Å². The average molecular weight is 353 g/mol. The maximum Gasteiger partial charge on any atom is 0.257 e. The lowest BCUT2D eigenvalue weighted by Gasteiger charge is -2.32. The van der Waals surface area contributed by atoms with Crippen LogP contribution in [0.1, 0.15) is 16.1 Å². The molecular formula is C19H20FN5O. The summed E-state index contributed by atoms with van der Waals surface area (Å²) in [6.07, 6.45) is 3.33. The van der Waals surface area contributed by atoms with Gasteiger partial charge in [0.05, 0.1) is 17.5 Å². The molecule has 0 saturated carbocycles. The average Bonchev–Trinajstić information content (AvgIpc) is 3.08. The van der Waals surface area contributed by atoms with Crippen LogP contribution in [0.25, 0.3) is 16.8 Å². The SMILES string of the molecule is Cc1c(C(=O)N2CCN(C)CC2)cnc2c(-c3ccc(F)cc3)cnn12. The third-order valence-electron chi connectivity index (χ3n) is 4.94. The number of aromatic nitrogens is 3. The molecule has 0 unspecified atom stereocenters. The Balaban J connectivity index is 1.70. The van der Waals surface area contributed by atoms with Crippen LogP contribution < -0.4 is 0 Å². The second kappa shape index (κ2) is 6.49. The number of rotatable bonds is 2. The second-order valence-electron chi connectivity index (χ2n) is 6.65. The van der Waals surface area contributed by atoms with E-state index in [0.717, 1.165) is 29.9 Å². The van der Waals surface area contributed by atoms with Crippen molar-refractivity contribution in [3.8, 4) is 11.1 Å². The van der Waals surface area contributed by atoms with Gasteiger partial charge in [-0.3, -0.25) is 4.79 Å². The Bertz CT molecular complexity index is 958. The standard InChI is InChI=1S/C19H20FN5O/c1-13-16(19(26)24-9-7-23(2)8-10-24)11-21-18-17(12-22-25(13)18)14-3-5-15(20)6-4-14/h3-6,11-12H,7-10H2,1-2H3. The fourth-order valence-electron chi connectivity index (χ4n) is 3.27. The lowest BCUT2D eigenvalue weighted by atomic mass is 10.1. The van der Waals surface area contributed by atoms with Gasteiger partial charge in [0.1, 0.15) is 5.82 Å². The smallest absolute Gasteiger partial charge is 0.257 e. The first kappa shape index (κ1) is 16.7. The zero-order valence-electron chi connectivity index (χ0n) is 14.8. The minimum Gasteiger partial charge on any atom is -0.336 e. The Morgan fingerprint density at radius 2 is 1.77 bits per heavy atom. The van der Waals surface area contributed by atoms with Crippen molar-refractivity contribution >= 4 is 11.6 Å². The number of amides is 1. The van der Waals surface area contributed by atoms with Crippen molar-refractivity contribution in [1.29, 1.82) is 0 Å². The van der Waals surface area contributed by atoms with Crippen LogP contribution in [0, 0.1) is 12.7 Å². The summed E-state index contributed by atoms with van der Waals surface area (Å²) in [4.78, 5) is 21.4. The molecule has 0 spiro atoms. The van der Waals surface area contributed by atoms with Crippen molar-refractivity contribution in [2.45, 2.75) is 6.92 Å². The Morgan fingerprint density at radius 3 is 2.46 bits per heavy atom. The highest BCUT2D eigenvalue weighted by Gasteiger charge is 2.23. The molecule has 6 nitrogen and oxygen atoms in total. The molecule has 0 aliphatic carbocycles. The minimum absolute atomic E-state index is 0.0103. The van der Waals surface area contributed by atoms with Gasteiger partial charge >= 0.3 is 0 Å². The maximum absolute atomic E-state index is 13.2. The number of fused-ring (bicyclic) bond motifs is 1. The third-order valence-corrected chi connectivity index (χ3v) is 4.94. The van der Waals surface area contributed by atoms with Gasteiger partial charge in [0, 0.05) is 37.9 Å². The molecule has 1 aliphatic heterocycles. The summed E-state index contributed by atoms with van der Waals surface area (Å²) < 4.78 is 14.9. The molecule has 1 aromatic carbocycles. The summed E-state index contributed by atoms with van der Waals surface area (Å²) in [6.45, 7) is 5.05. The molecule has 26 heavy (non-hydrogen) atoms. The minimum atomic E-state index is -0.283. The molecule has 1 aliphatic rings. The summed E-state index contributed by atoms with van der Waals surface area (Å²) in [5.41, 5.74) is 3.63. The lowest BCUT2D eigenvalue weighted by Crippen LogP contribution is -2.47. The molecule has 0 N–H and O–H groups in total. The van der Waals surface area contributed by atoms with Gasteiger partial charge in [-0.2, -0.15) is 5.10 Å². The van der Waals surface area contributed by atoms with E-state index < -0.39 is 0 Å². The van der Waals surface area contributed by atoms with Crippen LogP contribution in [-0.2, 0) is 0 Å². The van der Waals surface area contributed by atoms with Gasteiger partial charge in [-0.1, -0.05) is 12.1 Å². The topological polar surface area (TPSA) is 53.7 Å². The largest absolute Gasteiger partial charge is 0.336 e. The number of carbonyl (C=O) groups excluding carboxylic acids is 1. The molecule has 0 atom stereocenters. The second-order valence-corrected chi connectivity index (χ2v) is 6.65. The van der Waals surface area contributed by atoms with Gasteiger partial charge in [0.2, 0.25) is 0 Å². The zero-order chi connectivity index (χ0) is 18.3. The van der Waals surface area contributed by atoms with Crippen LogP contribution in [0.15, 0.2) is 36.7 Å². The number of hydrogen-bond acceptors (Lipinski definition) is 4. The molecule has 0 bridgehead atoms. The quantitative estimate of drug-likeness (QED) is 0.709. The predicted octanol–water partition coefficient (Wildman–Crippen LogP) is 2.23. The molecule has 134 valence electrons. The molecule has 4 rings (SSSR count). The molecule has 1 amide bonds. The number of likely N-dealkylation sites (N-methyl/N-ethyl adjacent to an activating group) is 1. The third kappa shape index (κ3) is 2.84. The van der Waals surface area contributed by atoms with Crippen molar-refractivity contribution in [3.63, 3.8) is 0 Å². The molecule has 0 radical (unpaired) electrons. The van der Waals surface area contributed by atoms with E-state index in [2.05, 4.69) is 22.0 Å². The monoisotopic (exact) mass is 353 g/mol. The summed E-state index contributed by atoms with van der Waals surface area (Å²) in [5.74, 6) is -0.293. The zero-order valence-corrected chi connectivity index (χ0v) is 14.8. The fourth-order valence-corrected chi connectivity index (χ4v) is 3.27. The Morgan fingerprint density at radius 1 is 1.08 bits per heavy atom. The van der Waals surface area contributed by atoms with Gasteiger partial charge in [0.25, 0.3) is 5.91 Å². The fraction of sp³-hybridized carbons (Fsp3) is 0.316. The van der Waals surface area contributed by atoms with Crippen LogP contribution >= 0.6 is 0 Å². The molecular weight excluding hydrogens is 333 g/mol. The van der Waals surface area contributed by atoms with Crippen LogP contribution in [0.4, 0.5) is 4.39 Å². The van der Waals surface area contributed by atoms with E-state index in [-0.39, 0.29) is 11.7 Å². The summed E-state index contributed by atoms with van der Waals surface area (Å²) >= 11 is 0. The van der Waals surface area contributed by atoms with Crippen molar-refractivity contribution in [2.75, 3.05) is 33.2 Å². The van der Waals surface area contributed by atoms with Crippen LogP contribution in [0.3, 0.4) is 0 Å². The van der Waals surface area contributed by atoms with Gasteiger partial charge in [-0.05, 0) is 31.7 Å². The number of aryl methyl sites for hydroxylation is 1. The molecule has 7 heteroatoms. The number of carbonyl (C=O) groups is 1. The van der Waals surface area contributed by atoms with E-state index in [4.69, 9.17) is 0 Å². The molecule has 3 heterocycles. The number of hydrogen-bond donors (Lipinski definition) is 0. The summed E-state index contributed by atoms with van der Waals surface area (Å²) in [7, 11) is 2.06.